The molecule has 2 aromatic heterocycles. The van der Waals surface area contributed by atoms with Crippen LogP contribution in [0, 0.1) is 6.92 Å². The van der Waals surface area contributed by atoms with Gasteiger partial charge in [0.1, 0.15) is 23.7 Å². The number of ether oxygens (including phenoxy) is 1. The number of aromatic nitrogens is 3. The molecular formula is C25H24ClN5O4. The van der Waals surface area contributed by atoms with Crippen molar-refractivity contribution in [2.24, 2.45) is 0 Å². The number of rotatable bonds is 5. The molecule has 1 amide bonds. The summed E-state index contributed by atoms with van der Waals surface area (Å²) in [5, 5.41) is 9.60. The molecule has 0 saturated carbocycles. The van der Waals surface area contributed by atoms with Crippen LogP contribution in [0.15, 0.2) is 57.8 Å². The first-order valence-corrected chi connectivity index (χ1v) is 11.6. The molecule has 0 atom stereocenters. The average molecular weight is 494 g/mol. The first kappa shape index (κ1) is 22.9. The molecule has 0 spiro atoms. The Bertz CT molecular complexity index is 1420. The standard InChI is InChI=1S/C25H24ClN5O4/c1-16-22-23(17-3-5-18(26)6-4-17)27-31(25(33)24(22)28-35-16)15-21(32)30-13-11-29(12-14-30)19-7-9-20(34-2)10-8-19/h3-10H,11-15H2,1-2H3. The van der Waals surface area contributed by atoms with Crippen molar-refractivity contribution < 1.29 is 14.1 Å². The van der Waals surface area contributed by atoms with Crippen LogP contribution >= 0.6 is 11.6 Å². The van der Waals surface area contributed by atoms with Crippen LogP contribution < -0.4 is 15.2 Å². The Hall–Kier alpha value is -3.85. The molecule has 0 aliphatic carbocycles. The zero-order valence-corrected chi connectivity index (χ0v) is 20.2. The van der Waals surface area contributed by atoms with Gasteiger partial charge in [-0.25, -0.2) is 4.68 Å². The van der Waals surface area contributed by atoms with E-state index in [1.807, 2.05) is 36.4 Å². The van der Waals surface area contributed by atoms with Crippen LogP contribution in [-0.4, -0.2) is 59.0 Å². The minimum Gasteiger partial charge on any atom is -0.497 e. The minimum atomic E-state index is -0.459. The molecular weight excluding hydrogens is 470 g/mol. The number of hydrogen-bond acceptors (Lipinski definition) is 7. The fourth-order valence-electron chi connectivity index (χ4n) is 4.29. The third-order valence-electron chi connectivity index (χ3n) is 6.23. The SMILES string of the molecule is COc1ccc(N2CCN(C(=O)Cn3nc(-c4ccc(Cl)cc4)c4c(C)onc4c3=O)CC2)cc1. The van der Waals surface area contributed by atoms with Crippen molar-refractivity contribution in [1.29, 1.82) is 0 Å². The smallest absolute Gasteiger partial charge is 0.297 e. The molecule has 0 unspecified atom stereocenters. The summed E-state index contributed by atoms with van der Waals surface area (Å²) < 4.78 is 11.7. The van der Waals surface area contributed by atoms with E-state index in [4.69, 9.17) is 20.9 Å². The monoisotopic (exact) mass is 493 g/mol. The van der Waals surface area contributed by atoms with Gasteiger partial charge in [-0.2, -0.15) is 5.10 Å². The van der Waals surface area contributed by atoms with E-state index in [9.17, 15) is 9.59 Å². The van der Waals surface area contributed by atoms with Gasteiger partial charge in [-0.1, -0.05) is 28.9 Å². The van der Waals surface area contributed by atoms with Crippen molar-refractivity contribution in [3.63, 3.8) is 0 Å². The Kier molecular flexibility index (Phi) is 6.17. The van der Waals surface area contributed by atoms with Crippen LogP contribution in [0.4, 0.5) is 5.69 Å². The van der Waals surface area contributed by atoms with Crippen LogP contribution in [0.2, 0.25) is 5.02 Å². The predicted molar refractivity (Wildman–Crippen MR) is 133 cm³/mol. The second-order valence-corrected chi connectivity index (χ2v) is 8.78. The van der Waals surface area contributed by atoms with Gasteiger partial charge in [-0.05, 0) is 43.3 Å². The highest BCUT2D eigenvalue weighted by atomic mass is 35.5. The molecule has 9 nitrogen and oxygen atoms in total. The normalized spacial score (nSPS) is 13.9. The summed E-state index contributed by atoms with van der Waals surface area (Å²) in [6.07, 6.45) is 0. The Balaban J connectivity index is 1.36. The first-order chi connectivity index (χ1) is 16.9. The van der Waals surface area contributed by atoms with E-state index in [1.165, 1.54) is 4.68 Å². The third kappa shape index (κ3) is 4.46. The second kappa shape index (κ2) is 9.42. The molecule has 1 saturated heterocycles. The Morgan fingerprint density at radius 2 is 1.74 bits per heavy atom. The Morgan fingerprint density at radius 3 is 2.40 bits per heavy atom. The Morgan fingerprint density at radius 1 is 1.06 bits per heavy atom. The number of carbonyl (C=O) groups is 1. The first-order valence-electron chi connectivity index (χ1n) is 11.2. The number of anilines is 1. The highest BCUT2D eigenvalue weighted by molar-refractivity contribution is 6.30. The van der Waals surface area contributed by atoms with E-state index in [-0.39, 0.29) is 18.0 Å². The van der Waals surface area contributed by atoms with Crippen molar-refractivity contribution in [2.75, 3.05) is 38.2 Å². The molecule has 1 aliphatic rings. The van der Waals surface area contributed by atoms with Crippen LogP contribution in [0.25, 0.3) is 22.2 Å². The summed E-state index contributed by atoms with van der Waals surface area (Å²) >= 11 is 6.04. The number of carbonyl (C=O) groups excluding carboxylic acids is 1. The molecule has 35 heavy (non-hydrogen) atoms. The maximum atomic E-state index is 13.1. The Labute approximate surface area is 206 Å². The lowest BCUT2D eigenvalue weighted by Gasteiger charge is -2.36. The zero-order chi connectivity index (χ0) is 24.5. The number of hydrogen-bond donors (Lipinski definition) is 0. The van der Waals surface area contributed by atoms with Crippen LogP contribution in [0.1, 0.15) is 5.76 Å². The van der Waals surface area contributed by atoms with Gasteiger partial charge in [0.2, 0.25) is 5.91 Å². The van der Waals surface area contributed by atoms with Gasteiger partial charge in [0.25, 0.3) is 5.56 Å². The predicted octanol–water partition coefficient (Wildman–Crippen LogP) is 3.37. The molecule has 5 rings (SSSR count). The van der Waals surface area contributed by atoms with E-state index in [2.05, 4.69) is 15.2 Å². The molecule has 0 radical (unpaired) electrons. The molecule has 0 bridgehead atoms. The molecule has 0 N–H and O–H groups in total. The fourth-order valence-corrected chi connectivity index (χ4v) is 4.41. The number of fused-ring (bicyclic) bond motifs is 1. The lowest BCUT2D eigenvalue weighted by atomic mass is 10.1. The van der Waals surface area contributed by atoms with Crippen LogP contribution in [0.5, 0.6) is 5.75 Å². The zero-order valence-electron chi connectivity index (χ0n) is 19.4. The average Bonchev–Trinajstić information content (AvgIpc) is 3.28. The number of halogens is 1. The number of aryl methyl sites for hydroxylation is 1. The number of methoxy groups -OCH3 is 1. The largest absolute Gasteiger partial charge is 0.497 e. The van der Waals surface area contributed by atoms with Gasteiger partial charge < -0.3 is 19.1 Å². The van der Waals surface area contributed by atoms with Gasteiger partial charge in [0.15, 0.2) is 5.52 Å². The van der Waals surface area contributed by atoms with Gasteiger partial charge in [-0.3, -0.25) is 9.59 Å². The molecule has 2 aromatic carbocycles. The lowest BCUT2D eigenvalue weighted by molar-refractivity contribution is -0.132. The number of piperazine rings is 1. The third-order valence-corrected chi connectivity index (χ3v) is 6.48. The van der Waals surface area contributed by atoms with Crippen molar-refractivity contribution in [2.45, 2.75) is 13.5 Å². The maximum Gasteiger partial charge on any atom is 0.297 e. The molecule has 1 aliphatic heterocycles. The van der Waals surface area contributed by atoms with Crippen molar-refractivity contribution in [3.8, 4) is 17.0 Å². The van der Waals surface area contributed by atoms with Crippen molar-refractivity contribution in [3.05, 3.63) is 69.7 Å². The number of nitrogens with zero attached hydrogens (tertiary/aromatic N) is 5. The summed E-state index contributed by atoms with van der Waals surface area (Å²) in [4.78, 5) is 30.1. The topological polar surface area (TPSA) is 93.7 Å². The summed E-state index contributed by atoms with van der Waals surface area (Å²) in [6, 6.07) is 15.0. The van der Waals surface area contributed by atoms with E-state index in [0.717, 1.165) is 17.0 Å². The molecule has 180 valence electrons. The summed E-state index contributed by atoms with van der Waals surface area (Å²) in [7, 11) is 1.64. The van der Waals surface area contributed by atoms with E-state index in [0.29, 0.717) is 48.0 Å². The van der Waals surface area contributed by atoms with Crippen LogP contribution in [0.3, 0.4) is 0 Å². The fraction of sp³-hybridized carbons (Fsp3) is 0.280. The number of amides is 1. The van der Waals surface area contributed by atoms with E-state index >= 15 is 0 Å². The van der Waals surface area contributed by atoms with Gasteiger partial charge in [-0.15, -0.1) is 0 Å². The molecule has 3 heterocycles. The maximum absolute atomic E-state index is 13.1. The minimum absolute atomic E-state index is 0.152. The number of benzene rings is 2. The highest BCUT2D eigenvalue weighted by Gasteiger charge is 2.24. The quantitative estimate of drug-likeness (QED) is 0.420. The van der Waals surface area contributed by atoms with E-state index < -0.39 is 5.56 Å². The molecule has 1 fully saturated rings. The summed E-state index contributed by atoms with van der Waals surface area (Å²) in [5.41, 5.74) is 2.04. The molecule has 4 aromatic rings. The van der Waals surface area contributed by atoms with Crippen molar-refractivity contribution in [1.82, 2.24) is 19.8 Å². The van der Waals surface area contributed by atoms with Gasteiger partial charge in [0.05, 0.1) is 12.5 Å². The van der Waals surface area contributed by atoms with Gasteiger partial charge in [0, 0.05) is 42.5 Å². The lowest BCUT2D eigenvalue weighted by Crippen LogP contribution is -2.50. The summed E-state index contributed by atoms with van der Waals surface area (Å²) in [5.74, 6) is 1.12. The second-order valence-electron chi connectivity index (χ2n) is 8.35. The van der Waals surface area contributed by atoms with Gasteiger partial charge >= 0.3 is 0 Å². The summed E-state index contributed by atoms with van der Waals surface area (Å²) in [6.45, 7) is 4.04. The molecule has 10 heteroatoms. The highest BCUT2D eigenvalue weighted by Crippen LogP contribution is 2.28. The van der Waals surface area contributed by atoms with Crippen molar-refractivity contribution >= 4 is 34.1 Å². The van der Waals surface area contributed by atoms with E-state index in [1.54, 1.807) is 31.1 Å². The van der Waals surface area contributed by atoms with Crippen LogP contribution in [-0.2, 0) is 11.3 Å².